The van der Waals surface area contributed by atoms with Crippen LogP contribution in [0, 0.1) is 0 Å². The van der Waals surface area contributed by atoms with Crippen molar-refractivity contribution in [3.8, 4) is 11.5 Å². The molecule has 1 aromatic carbocycles. The molecule has 0 bridgehead atoms. The van der Waals surface area contributed by atoms with E-state index in [4.69, 9.17) is 32.7 Å². The van der Waals surface area contributed by atoms with Gasteiger partial charge in [-0.2, -0.15) is 0 Å². The summed E-state index contributed by atoms with van der Waals surface area (Å²) < 4.78 is 10.7. The first-order valence-corrected chi connectivity index (χ1v) is 5.97. The topological polar surface area (TPSA) is 18.5 Å². The molecule has 2 nitrogen and oxygen atoms in total. The fourth-order valence-electron chi connectivity index (χ4n) is 1.69. The number of benzene rings is 1. The van der Waals surface area contributed by atoms with E-state index < -0.39 is 0 Å². The van der Waals surface area contributed by atoms with Crippen molar-refractivity contribution in [2.45, 2.75) is 25.6 Å². The molecule has 0 aromatic heterocycles. The van der Waals surface area contributed by atoms with Crippen LogP contribution in [0.1, 0.15) is 30.9 Å². The Morgan fingerprint density at radius 1 is 1.25 bits per heavy atom. The first-order chi connectivity index (χ1) is 7.56. The number of rotatable bonds is 4. The number of hydrogen-bond acceptors (Lipinski definition) is 2. The molecule has 0 aliphatic rings. The smallest absolute Gasteiger partial charge is 0.144 e. The molecule has 0 unspecified atom stereocenters. The van der Waals surface area contributed by atoms with E-state index in [-0.39, 0.29) is 5.92 Å². The van der Waals surface area contributed by atoms with Crippen molar-refractivity contribution in [2.24, 2.45) is 0 Å². The van der Waals surface area contributed by atoms with Gasteiger partial charge < -0.3 is 9.47 Å². The first-order valence-electron chi connectivity index (χ1n) is 5.06. The van der Waals surface area contributed by atoms with Gasteiger partial charge in [0, 0.05) is 11.4 Å². The van der Waals surface area contributed by atoms with Gasteiger partial charge in [-0.05, 0) is 17.5 Å². The van der Waals surface area contributed by atoms with Gasteiger partial charge in [0.1, 0.15) is 11.5 Å². The summed E-state index contributed by atoms with van der Waals surface area (Å²) in [5, 5.41) is 0.571. The third-order valence-electron chi connectivity index (χ3n) is 2.44. The Labute approximate surface area is 106 Å². The van der Waals surface area contributed by atoms with Gasteiger partial charge in [-0.3, -0.25) is 0 Å². The predicted molar refractivity (Wildman–Crippen MR) is 68.2 cm³/mol. The molecule has 0 aliphatic heterocycles. The van der Waals surface area contributed by atoms with E-state index >= 15 is 0 Å². The fraction of sp³-hybridized carbons (Fsp3) is 0.500. The van der Waals surface area contributed by atoms with E-state index in [2.05, 4.69) is 13.8 Å². The summed E-state index contributed by atoms with van der Waals surface area (Å²) in [6.45, 7) is 4.13. The number of ether oxygens (including phenoxy) is 2. The molecule has 1 aromatic rings. The van der Waals surface area contributed by atoms with E-state index in [0.717, 1.165) is 16.9 Å². The lowest BCUT2D eigenvalue weighted by Gasteiger charge is -2.19. The van der Waals surface area contributed by atoms with Crippen molar-refractivity contribution in [1.29, 1.82) is 0 Å². The molecule has 0 fully saturated rings. The van der Waals surface area contributed by atoms with Crippen molar-refractivity contribution in [3.05, 3.63) is 22.2 Å². The van der Waals surface area contributed by atoms with Gasteiger partial charge in [-0.25, -0.2) is 0 Å². The predicted octanol–water partition coefficient (Wildman–Crippen LogP) is 4.22. The molecule has 0 saturated carbocycles. The molecule has 16 heavy (non-hydrogen) atoms. The van der Waals surface area contributed by atoms with E-state index in [1.807, 2.05) is 6.07 Å². The maximum absolute atomic E-state index is 6.22. The fourth-order valence-corrected chi connectivity index (χ4v) is 2.27. The van der Waals surface area contributed by atoms with Crippen LogP contribution in [-0.4, -0.2) is 14.2 Å². The van der Waals surface area contributed by atoms with Crippen LogP contribution < -0.4 is 9.47 Å². The second kappa shape index (κ2) is 5.65. The quantitative estimate of drug-likeness (QED) is 0.757. The number of alkyl halides is 1. The molecule has 4 heteroatoms. The van der Waals surface area contributed by atoms with Crippen molar-refractivity contribution in [2.75, 3.05) is 14.2 Å². The number of halogens is 2. The minimum Gasteiger partial charge on any atom is -0.496 e. The van der Waals surface area contributed by atoms with Crippen molar-refractivity contribution < 1.29 is 9.47 Å². The SMILES string of the molecule is COc1cc(CCl)c(Cl)c(OC)c1C(C)C. The standard InChI is InChI=1S/C12H16Cl2O2/c1-7(2)10-9(15-3)5-8(6-13)11(14)12(10)16-4/h5,7H,6H2,1-4H3. The van der Waals surface area contributed by atoms with Crippen molar-refractivity contribution in [1.82, 2.24) is 0 Å². The lowest BCUT2D eigenvalue weighted by molar-refractivity contribution is 0.381. The molecule has 0 heterocycles. The highest BCUT2D eigenvalue weighted by Crippen LogP contribution is 2.42. The molecule has 90 valence electrons. The van der Waals surface area contributed by atoms with E-state index in [0.29, 0.717) is 16.7 Å². The third-order valence-corrected chi connectivity index (χ3v) is 3.14. The summed E-state index contributed by atoms with van der Waals surface area (Å²) in [5.41, 5.74) is 1.80. The Morgan fingerprint density at radius 2 is 1.88 bits per heavy atom. The van der Waals surface area contributed by atoms with E-state index in [9.17, 15) is 0 Å². The second-order valence-corrected chi connectivity index (χ2v) is 4.43. The molecule has 1 rings (SSSR count). The van der Waals surface area contributed by atoms with Crippen LogP contribution in [-0.2, 0) is 5.88 Å². The molecule has 0 radical (unpaired) electrons. The van der Waals surface area contributed by atoms with Crippen LogP contribution in [0.25, 0.3) is 0 Å². The second-order valence-electron chi connectivity index (χ2n) is 3.79. The minimum atomic E-state index is 0.270. The average Bonchev–Trinajstić information content (AvgIpc) is 2.27. The first kappa shape index (κ1) is 13.5. The highest BCUT2D eigenvalue weighted by molar-refractivity contribution is 6.34. The number of hydrogen-bond donors (Lipinski definition) is 0. The van der Waals surface area contributed by atoms with E-state index in [1.54, 1.807) is 14.2 Å². The maximum Gasteiger partial charge on any atom is 0.144 e. The Hall–Kier alpha value is -0.600. The van der Waals surface area contributed by atoms with Gasteiger partial charge in [0.15, 0.2) is 0 Å². The lowest BCUT2D eigenvalue weighted by Crippen LogP contribution is -2.01. The zero-order valence-corrected chi connectivity index (χ0v) is 11.4. The van der Waals surface area contributed by atoms with Crippen LogP contribution in [0.2, 0.25) is 5.02 Å². The lowest BCUT2D eigenvalue weighted by atomic mass is 9.99. The summed E-state index contributed by atoms with van der Waals surface area (Å²) >= 11 is 12.0. The normalized spacial score (nSPS) is 10.7. The number of methoxy groups -OCH3 is 2. The van der Waals surface area contributed by atoms with Crippen LogP contribution in [0.4, 0.5) is 0 Å². The van der Waals surface area contributed by atoms with Gasteiger partial charge in [-0.15, -0.1) is 11.6 Å². The average molecular weight is 263 g/mol. The zero-order chi connectivity index (χ0) is 12.3. The third kappa shape index (κ3) is 2.38. The monoisotopic (exact) mass is 262 g/mol. The summed E-state index contributed by atoms with van der Waals surface area (Å²) in [7, 11) is 3.23. The molecule has 0 atom stereocenters. The largest absolute Gasteiger partial charge is 0.496 e. The summed E-state index contributed by atoms with van der Waals surface area (Å²) in [6, 6.07) is 1.87. The highest BCUT2D eigenvalue weighted by Gasteiger charge is 2.20. The van der Waals surface area contributed by atoms with Crippen LogP contribution >= 0.6 is 23.2 Å². The van der Waals surface area contributed by atoms with Crippen LogP contribution in [0.5, 0.6) is 11.5 Å². The summed E-state index contributed by atoms with van der Waals surface area (Å²) in [4.78, 5) is 0. The molecule has 0 saturated heterocycles. The van der Waals surface area contributed by atoms with Gasteiger partial charge in [0.05, 0.1) is 19.2 Å². The summed E-state index contributed by atoms with van der Waals surface area (Å²) in [5.74, 6) is 2.04. The van der Waals surface area contributed by atoms with Gasteiger partial charge in [-0.1, -0.05) is 25.4 Å². The van der Waals surface area contributed by atoms with Crippen LogP contribution in [0.15, 0.2) is 6.07 Å². The molecule has 0 aliphatic carbocycles. The molecular weight excluding hydrogens is 247 g/mol. The zero-order valence-electron chi connectivity index (χ0n) is 9.93. The molecule has 0 N–H and O–H groups in total. The molecule has 0 amide bonds. The van der Waals surface area contributed by atoms with Gasteiger partial charge in [0.2, 0.25) is 0 Å². The Bertz CT molecular complexity index is 376. The Morgan fingerprint density at radius 3 is 2.25 bits per heavy atom. The van der Waals surface area contributed by atoms with E-state index in [1.165, 1.54) is 0 Å². The molecular formula is C12H16Cl2O2. The van der Waals surface area contributed by atoms with Crippen molar-refractivity contribution in [3.63, 3.8) is 0 Å². The summed E-state index contributed by atoms with van der Waals surface area (Å²) in [6.07, 6.45) is 0. The Kier molecular flexibility index (Phi) is 4.75. The highest BCUT2D eigenvalue weighted by atomic mass is 35.5. The van der Waals surface area contributed by atoms with Crippen molar-refractivity contribution >= 4 is 23.2 Å². The van der Waals surface area contributed by atoms with Crippen LogP contribution in [0.3, 0.4) is 0 Å². The van der Waals surface area contributed by atoms with Gasteiger partial charge in [0.25, 0.3) is 0 Å². The minimum absolute atomic E-state index is 0.270. The maximum atomic E-state index is 6.22. The Balaban J connectivity index is 3.50. The molecule has 0 spiro atoms. The van der Waals surface area contributed by atoms with Gasteiger partial charge >= 0.3 is 0 Å².